The van der Waals surface area contributed by atoms with E-state index in [4.69, 9.17) is 14.3 Å². The minimum atomic E-state index is -4.72. The van der Waals surface area contributed by atoms with Crippen molar-refractivity contribution in [2.45, 2.75) is 45.2 Å². The Morgan fingerprint density at radius 1 is 0.947 bits per heavy atom. The zero-order valence-electron chi connectivity index (χ0n) is 20.5. The molecule has 2 aromatic heterocycles. The van der Waals surface area contributed by atoms with E-state index in [1.165, 1.54) is 36.1 Å². The molecule has 1 N–H and O–H groups in total. The van der Waals surface area contributed by atoms with E-state index in [0.717, 1.165) is 31.4 Å². The number of alkyl halides is 3. The number of aliphatic hydroxyl groups excluding tert-OH is 1. The monoisotopic (exact) mass is 528 g/mol. The molecule has 0 unspecified atom stereocenters. The topological polar surface area (TPSA) is 95.4 Å². The van der Waals surface area contributed by atoms with Crippen LogP contribution >= 0.6 is 0 Å². The van der Waals surface area contributed by atoms with Crippen molar-refractivity contribution < 1.29 is 32.2 Å². The van der Waals surface area contributed by atoms with Gasteiger partial charge in [0.2, 0.25) is 5.89 Å². The molecule has 0 fully saturated rings. The number of hydrogen-bond acceptors (Lipinski definition) is 7. The van der Waals surface area contributed by atoms with Crippen LogP contribution in [0.5, 0.6) is 11.5 Å². The van der Waals surface area contributed by atoms with Crippen LogP contribution in [0.1, 0.15) is 41.2 Å². The van der Waals surface area contributed by atoms with Crippen molar-refractivity contribution in [3.05, 3.63) is 89.4 Å². The number of halogens is 3. The molecular formula is C27H27F3N4O4. The highest BCUT2D eigenvalue weighted by Gasteiger charge is 2.30. The molecule has 4 rings (SSSR count). The first-order valence-electron chi connectivity index (χ1n) is 12.1. The number of oxazole rings is 1. The molecule has 0 bridgehead atoms. The van der Waals surface area contributed by atoms with Crippen molar-refractivity contribution in [3.63, 3.8) is 0 Å². The lowest BCUT2D eigenvalue weighted by Gasteiger charge is -2.08. The van der Waals surface area contributed by atoms with Gasteiger partial charge in [0.05, 0.1) is 25.0 Å². The summed E-state index contributed by atoms with van der Waals surface area (Å²) < 4.78 is 53.6. The molecule has 0 radical (unpaired) electrons. The third-order valence-electron chi connectivity index (χ3n) is 5.57. The third-order valence-corrected chi connectivity index (χ3v) is 5.57. The van der Waals surface area contributed by atoms with Gasteiger partial charge in [0.15, 0.2) is 0 Å². The first kappa shape index (κ1) is 26.9. The Balaban J connectivity index is 1.19. The van der Waals surface area contributed by atoms with Gasteiger partial charge in [-0.15, -0.1) is 18.3 Å². The largest absolute Gasteiger partial charge is 0.573 e. The van der Waals surface area contributed by atoms with Gasteiger partial charge in [-0.3, -0.25) is 0 Å². The van der Waals surface area contributed by atoms with Crippen LogP contribution in [0.3, 0.4) is 0 Å². The van der Waals surface area contributed by atoms with Gasteiger partial charge in [0, 0.05) is 6.08 Å². The van der Waals surface area contributed by atoms with Crippen LogP contribution in [0.4, 0.5) is 13.2 Å². The lowest BCUT2D eigenvalue weighted by molar-refractivity contribution is -0.274. The highest BCUT2D eigenvalue weighted by Crippen LogP contribution is 2.23. The van der Waals surface area contributed by atoms with E-state index in [1.54, 1.807) is 23.0 Å². The molecule has 0 atom stereocenters. The van der Waals surface area contributed by atoms with Crippen LogP contribution < -0.4 is 9.47 Å². The van der Waals surface area contributed by atoms with Crippen LogP contribution in [-0.4, -0.2) is 38.1 Å². The van der Waals surface area contributed by atoms with E-state index in [1.807, 2.05) is 24.3 Å². The molecule has 8 nitrogen and oxygen atoms in total. The van der Waals surface area contributed by atoms with E-state index < -0.39 is 6.36 Å². The van der Waals surface area contributed by atoms with Crippen LogP contribution in [0.25, 0.3) is 12.2 Å². The summed E-state index contributed by atoms with van der Waals surface area (Å²) in [5.74, 6) is 0.786. The van der Waals surface area contributed by atoms with Gasteiger partial charge in [0.25, 0.3) is 0 Å². The number of nitrogens with zero attached hydrogens (tertiary/aromatic N) is 4. The number of aryl methyl sites for hydroxylation is 2. The van der Waals surface area contributed by atoms with Crippen molar-refractivity contribution in [2.75, 3.05) is 6.61 Å². The first-order valence-corrected chi connectivity index (χ1v) is 12.1. The quantitative estimate of drug-likeness (QED) is 0.230. The Hall–Kier alpha value is -4.12. The minimum absolute atomic E-state index is 0.0460. The number of unbranched alkanes of at least 4 members (excludes halogenated alkanes) is 1. The molecule has 0 aliphatic carbocycles. The molecule has 11 heteroatoms. The number of hydrogen-bond donors (Lipinski definition) is 1. The van der Waals surface area contributed by atoms with E-state index in [0.29, 0.717) is 29.4 Å². The lowest BCUT2D eigenvalue weighted by atomic mass is 10.1. The summed E-state index contributed by atoms with van der Waals surface area (Å²) in [4.78, 5) is 4.34. The highest BCUT2D eigenvalue weighted by atomic mass is 19.4. The van der Waals surface area contributed by atoms with E-state index in [-0.39, 0.29) is 19.0 Å². The Morgan fingerprint density at radius 3 is 2.42 bits per heavy atom. The molecule has 2 aromatic carbocycles. The standard InChI is InChI=1S/C27H27F3N4O4/c28-27(29,30)38-25-12-7-21(8-13-25)9-14-26-32-22(19-37-26)18-36-24-10-5-20(6-11-24)3-1-2-4-23-17-31-33-34(23)15-16-35/h5-14,17,19,35H,1-4,15-16,18H2. The fourth-order valence-electron chi connectivity index (χ4n) is 3.71. The molecule has 4 aromatic rings. The van der Waals surface area contributed by atoms with Crippen LogP contribution in [0.2, 0.25) is 0 Å². The first-order chi connectivity index (χ1) is 18.4. The lowest BCUT2D eigenvalue weighted by Crippen LogP contribution is -2.16. The molecule has 2 heterocycles. The molecule has 0 saturated heterocycles. The SMILES string of the molecule is OCCn1nncc1CCCCc1ccc(OCc2coc(C=Cc3ccc(OC(F)(F)F)cc3)n2)cc1. The molecule has 200 valence electrons. The molecule has 0 amide bonds. The molecule has 0 aliphatic rings. The van der Waals surface area contributed by atoms with Crippen molar-refractivity contribution in [3.8, 4) is 11.5 Å². The second kappa shape index (κ2) is 12.9. The minimum Gasteiger partial charge on any atom is -0.487 e. The summed E-state index contributed by atoms with van der Waals surface area (Å²) in [6.45, 7) is 0.741. The van der Waals surface area contributed by atoms with Gasteiger partial charge in [-0.2, -0.15) is 0 Å². The maximum absolute atomic E-state index is 12.3. The van der Waals surface area contributed by atoms with Gasteiger partial charge in [0.1, 0.15) is 30.1 Å². The molecular weight excluding hydrogens is 501 g/mol. The van der Waals surface area contributed by atoms with Crippen LogP contribution in [0, 0.1) is 0 Å². The average molecular weight is 529 g/mol. The summed E-state index contributed by atoms with van der Waals surface area (Å²) in [5.41, 5.74) is 3.52. The summed E-state index contributed by atoms with van der Waals surface area (Å²) in [6, 6.07) is 13.4. The second-order valence-electron chi connectivity index (χ2n) is 8.44. The van der Waals surface area contributed by atoms with Gasteiger partial charge in [-0.05, 0) is 67.2 Å². The maximum Gasteiger partial charge on any atom is 0.573 e. The molecule has 0 saturated carbocycles. The second-order valence-corrected chi connectivity index (χ2v) is 8.44. The fraction of sp³-hybridized carbons (Fsp3) is 0.296. The Labute approximate surface area is 217 Å². The number of ether oxygens (including phenoxy) is 2. The van der Waals surface area contributed by atoms with E-state index >= 15 is 0 Å². The summed E-state index contributed by atoms with van der Waals surface area (Å²) in [6.07, 6.45) is 5.64. The molecule has 38 heavy (non-hydrogen) atoms. The van der Waals surface area contributed by atoms with E-state index in [9.17, 15) is 13.2 Å². The smallest absolute Gasteiger partial charge is 0.487 e. The fourth-order valence-corrected chi connectivity index (χ4v) is 3.71. The summed E-state index contributed by atoms with van der Waals surface area (Å²) in [5, 5.41) is 16.9. The zero-order chi connectivity index (χ0) is 26.8. The van der Waals surface area contributed by atoms with Gasteiger partial charge in [-0.25, -0.2) is 9.67 Å². The summed E-state index contributed by atoms with van der Waals surface area (Å²) >= 11 is 0. The number of benzene rings is 2. The Kier molecular flexibility index (Phi) is 9.15. The van der Waals surface area contributed by atoms with Gasteiger partial charge < -0.3 is 19.0 Å². The average Bonchev–Trinajstić information content (AvgIpc) is 3.54. The Morgan fingerprint density at radius 2 is 1.68 bits per heavy atom. The molecule has 0 spiro atoms. The predicted molar refractivity (Wildman–Crippen MR) is 133 cm³/mol. The third kappa shape index (κ3) is 8.48. The molecule has 0 aliphatic heterocycles. The Bertz CT molecular complexity index is 1300. The van der Waals surface area contributed by atoms with Gasteiger partial charge >= 0.3 is 6.36 Å². The number of rotatable bonds is 13. The maximum atomic E-state index is 12.3. The van der Waals surface area contributed by atoms with Crippen LogP contribution in [-0.2, 0) is 26.0 Å². The summed E-state index contributed by atoms with van der Waals surface area (Å²) in [7, 11) is 0. The van der Waals surface area contributed by atoms with Crippen molar-refractivity contribution in [2.24, 2.45) is 0 Å². The van der Waals surface area contributed by atoms with E-state index in [2.05, 4.69) is 20.0 Å². The number of aromatic nitrogens is 4. The van der Waals surface area contributed by atoms with Crippen molar-refractivity contribution >= 4 is 12.2 Å². The normalized spacial score (nSPS) is 11.8. The van der Waals surface area contributed by atoms with Crippen LogP contribution in [0.15, 0.2) is 65.4 Å². The predicted octanol–water partition coefficient (Wildman–Crippen LogP) is 5.47. The van der Waals surface area contributed by atoms with Crippen molar-refractivity contribution in [1.82, 2.24) is 20.0 Å². The van der Waals surface area contributed by atoms with Crippen molar-refractivity contribution in [1.29, 1.82) is 0 Å². The van der Waals surface area contributed by atoms with Gasteiger partial charge in [-0.1, -0.05) is 29.5 Å². The number of aliphatic hydroxyl groups is 1. The zero-order valence-corrected chi connectivity index (χ0v) is 20.5. The highest BCUT2D eigenvalue weighted by molar-refractivity contribution is 5.66.